The predicted molar refractivity (Wildman–Crippen MR) is 80.1 cm³/mol. The molecular weight excluding hydrogens is 290 g/mol. The van der Waals surface area contributed by atoms with E-state index in [0.717, 1.165) is 25.7 Å². The number of aryl methyl sites for hydroxylation is 3. The lowest BCUT2D eigenvalue weighted by Gasteiger charge is -2.04. The summed E-state index contributed by atoms with van der Waals surface area (Å²) in [5.41, 5.74) is 1.24. The van der Waals surface area contributed by atoms with E-state index in [1.54, 1.807) is 0 Å². The first-order chi connectivity index (χ1) is 10.1. The smallest absolute Gasteiger partial charge is 0.206 e. The Morgan fingerprint density at radius 1 is 1.10 bits per heavy atom. The summed E-state index contributed by atoms with van der Waals surface area (Å²) in [5, 5.41) is 0. The molecule has 0 bridgehead atoms. The summed E-state index contributed by atoms with van der Waals surface area (Å²) < 4.78 is 27.6. The zero-order valence-corrected chi connectivity index (χ0v) is 12.7. The molecular formula is C17H16F2OS. The molecule has 1 heterocycles. The first-order valence-electron chi connectivity index (χ1n) is 7.19. The van der Waals surface area contributed by atoms with Crippen molar-refractivity contribution in [2.45, 2.75) is 39.0 Å². The Bertz CT molecular complexity index is 680. The molecule has 0 unspecified atom stereocenters. The van der Waals surface area contributed by atoms with Gasteiger partial charge in [0.05, 0.1) is 10.4 Å². The normalized spacial score (nSPS) is 14.6. The number of rotatable bonds is 2. The van der Waals surface area contributed by atoms with Crippen molar-refractivity contribution in [2.24, 2.45) is 0 Å². The molecule has 0 spiro atoms. The Balaban J connectivity index is 1.98. The highest BCUT2D eigenvalue weighted by atomic mass is 32.1. The summed E-state index contributed by atoms with van der Waals surface area (Å²) in [5.74, 6) is -2.38. The van der Waals surface area contributed by atoms with E-state index in [-0.39, 0.29) is 11.1 Å². The van der Waals surface area contributed by atoms with E-state index in [1.807, 2.05) is 6.07 Å². The maximum atomic E-state index is 14.0. The van der Waals surface area contributed by atoms with Crippen LogP contribution in [0.15, 0.2) is 18.2 Å². The molecule has 3 rings (SSSR count). The SMILES string of the molecule is Cc1ccc(C(=O)c2cc3c(s2)CCCCC3)c(F)c1F. The molecule has 21 heavy (non-hydrogen) atoms. The largest absolute Gasteiger partial charge is 0.288 e. The van der Waals surface area contributed by atoms with Gasteiger partial charge in [0.2, 0.25) is 5.78 Å². The maximum absolute atomic E-state index is 14.0. The number of ketones is 1. The standard InChI is InChI=1S/C17H16F2OS/c1-10-7-8-12(16(19)15(10)18)17(20)14-9-11-5-3-2-4-6-13(11)21-14/h7-9H,2-6H2,1H3. The van der Waals surface area contributed by atoms with Crippen LogP contribution < -0.4 is 0 Å². The highest BCUT2D eigenvalue weighted by Crippen LogP contribution is 2.31. The third kappa shape index (κ3) is 2.64. The molecule has 1 nitrogen and oxygen atoms in total. The number of fused-ring (bicyclic) bond motifs is 1. The van der Waals surface area contributed by atoms with Crippen LogP contribution in [0.2, 0.25) is 0 Å². The maximum Gasteiger partial charge on any atom is 0.206 e. The number of hydrogen-bond acceptors (Lipinski definition) is 2. The van der Waals surface area contributed by atoms with Crippen molar-refractivity contribution >= 4 is 17.1 Å². The molecule has 1 aromatic carbocycles. The highest BCUT2D eigenvalue weighted by molar-refractivity contribution is 7.14. The molecule has 0 N–H and O–H groups in total. The molecule has 0 atom stereocenters. The average molecular weight is 306 g/mol. The van der Waals surface area contributed by atoms with Crippen LogP contribution in [0.3, 0.4) is 0 Å². The molecule has 2 aromatic rings. The lowest BCUT2D eigenvalue weighted by Crippen LogP contribution is -2.05. The van der Waals surface area contributed by atoms with Crippen molar-refractivity contribution in [1.82, 2.24) is 0 Å². The Morgan fingerprint density at radius 2 is 1.86 bits per heavy atom. The summed E-state index contributed by atoms with van der Waals surface area (Å²) in [7, 11) is 0. The van der Waals surface area contributed by atoms with Crippen LogP contribution in [-0.2, 0) is 12.8 Å². The van der Waals surface area contributed by atoms with Gasteiger partial charge in [0.25, 0.3) is 0 Å². The number of carbonyl (C=O) groups is 1. The predicted octanol–water partition coefficient (Wildman–Crippen LogP) is 4.83. The molecule has 110 valence electrons. The quantitative estimate of drug-likeness (QED) is 0.573. The van der Waals surface area contributed by atoms with E-state index in [0.29, 0.717) is 4.88 Å². The van der Waals surface area contributed by atoms with Gasteiger partial charge in [0.15, 0.2) is 11.6 Å². The third-order valence-corrected chi connectivity index (χ3v) is 5.23. The minimum absolute atomic E-state index is 0.172. The molecule has 0 saturated carbocycles. The van der Waals surface area contributed by atoms with Crippen molar-refractivity contribution < 1.29 is 13.6 Å². The lowest BCUT2D eigenvalue weighted by molar-refractivity contribution is 0.103. The Labute approximate surface area is 126 Å². The second-order valence-electron chi connectivity index (χ2n) is 5.51. The van der Waals surface area contributed by atoms with Crippen molar-refractivity contribution in [2.75, 3.05) is 0 Å². The van der Waals surface area contributed by atoms with Gasteiger partial charge in [0.1, 0.15) is 0 Å². The molecule has 0 aliphatic heterocycles. The van der Waals surface area contributed by atoms with Crippen LogP contribution in [-0.4, -0.2) is 5.78 Å². The molecule has 1 aliphatic carbocycles. The average Bonchev–Trinajstić information content (AvgIpc) is 2.75. The minimum atomic E-state index is -1.04. The Hall–Kier alpha value is -1.55. The first kappa shape index (κ1) is 14.4. The van der Waals surface area contributed by atoms with Crippen LogP contribution >= 0.6 is 11.3 Å². The number of benzene rings is 1. The number of halogens is 2. The van der Waals surface area contributed by atoms with Crippen LogP contribution in [0, 0.1) is 18.6 Å². The fourth-order valence-electron chi connectivity index (χ4n) is 2.73. The minimum Gasteiger partial charge on any atom is -0.288 e. The topological polar surface area (TPSA) is 17.1 Å². The van der Waals surface area contributed by atoms with Crippen LogP contribution in [0.5, 0.6) is 0 Å². The number of carbonyl (C=O) groups excluding carboxylic acids is 1. The van der Waals surface area contributed by atoms with Crippen LogP contribution in [0.1, 0.15) is 50.5 Å². The van der Waals surface area contributed by atoms with Gasteiger partial charge in [-0.25, -0.2) is 8.78 Å². The molecule has 0 saturated heterocycles. The van der Waals surface area contributed by atoms with Crippen molar-refractivity contribution in [3.05, 3.63) is 56.3 Å². The molecule has 0 fully saturated rings. The van der Waals surface area contributed by atoms with E-state index < -0.39 is 17.4 Å². The van der Waals surface area contributed by atoms with Gasteiger partial charge >= 0.3 is 0 Å². The van der Waals surface area contributed by atoms with Crippen molar-refractivity contribution in [3.63, 3.8) is 0 Å². The fourth-order valence-corrected chi connectivity index (χ4v) is 3.94. The highest BCUT2D eigenvalue weighted by Gasteiger charge is 2.22. The summed E-state index contributed by atoms with van der Waals surface area (Å²) in [6, 6.07) is 4.69. The van der Waals surface area contributed by atoms with Crippen molar-refractivity contribution in [1.29, 1.82) is 0 Å². The third-order valence-electron chi connectivity index (χ3n) is 3.99. The lowest BCUT2D eigenvalue weighted by atomic mass is 10.0. The van der Waals surface area contributed by atoms with E-state index >= 15 is 0 Å². The summed E-state index contributed by atoms with van der Waals surface area (Å²) in [4.78, 5) is 14.2. The van der Waals surface area contributed by atoms with Gasteiger partial charge in [-0.1, -0.05) is 12.5 Å². The second-order valence-corrected chi connectivity index (χ2v) is 6.64. The van der Waals surface area contributed by atoms with E-state index in [1.165, 1.54) is 47.3 Å². The van der Waals surface area contributed by atoms with Gasteiger partial charge < -0.3 is 0 Å². The van der Waals surface area contributed by atoms with E-state index in [9.17, 15) is 13.6 Å². The molecule has 4 heteroatoms. The van der Waals surface area contributed by atoms with Crippen LogP contribution in [0.25, 0.3) is 0 Å². The van der Waals surface area contributed by atoms with Gasteiger partial charge in [0, 0.05) is 4.88 Å². The van der Waals surface area contributed by atoms with Gasteiger partial charge in [-0.15, -0.1) is 11.3 Å². The first-order valence-corrected chi connectivity index (χ1v) is 8.00. The summed E-state index contributed by atoms with van der Waals surface area (Å²) in [6.07, 6.45) is 5.43. The van der Waals surface area contributed by atoms with Gasteiger partial charge in [-0.2, -0.15) is 0 Å². The van der Waals surface area contributed by atoms with E-state index in [4.69, 9.17) is 0 Å². The summed E-state index contributed by atoms with van der Waals surface area (Å²) in [6.45, 7) is 1.49. The molecule has 1 aliphatic rings. The van der Waals surface area contributed by atoms with Crippen LogP contribution in [0.4, 0.5) is 8.78 Å². The Morgan fingerprint density at radius 3 is 2.67 bits per heavy atom. The second kappa shape index (κ2) is 5.68. The van der Waals surface area contributed by atoms with Gasteiger partial charge in [-0.05, 0) is 55.9 Å². The number of hydrogen-bond donors (Lipinski definition) is 0. The Kier molecular flexibility index (Phi) is 3.89. The van der Waals surface area contributed by atoms with Gasteiger partial charge in [-0.3, -0.25) is 4.79 Å². The zero-order valence-electron chi connectivity index (χ0n) is 11.8. The zero-order chi connectivity index (χ0) is 15.0. The van der Waals surface area contributed by atoms with E-state index in [2.05, 4.69) is 0 Å². The molecule has 1 aromatic heterocycles. The molecule has 0 radical (unpaired) electrons. The monoisotopic (exact) mass is 306 g/mol. The fraction of sp³-hybridized carbons (Fsp3) is 0.353. The molecule has 0 amide bonds. The summed E-state index contributed by atoms with van der Waals surface area (Å²) >= 11 is 1.43. The number of thiophene rings is 1. The van der Waals surface area contributed by atoms with Crippen molar-refractivity contribution in [3.8, 4) is 0 Å².